The third kappa shape index (κ3) is 4.71. The van der Waals surface area contributed by atoms with Gasteiger partial charge in [-0.25, -0.2) is 5.09 Å². The van der Waals surface area contributed by atoms with Crippen molar-refractivity contribution in [1.29, 1.82) is 0 Å². The summed E-state index contributed by atoms with van der Waals surface area (Å²) in [5.41, 5.74) is -0.239. The van der Waals surface area contributed by atoms with Gasteiger partial charge in [0.2, 0.25) is 5.75 Å². The topological polar surface area (TPSA) is 73.6 Å². The third-order valence-corrected chi connectivity index (χ3v) is 4.95. The third-order valence-electron chi connectivity index (χ3n) is 2.13. The Morgan fingerprint density at radius 2 is 2.26 bits per heavy atom. The van der Waals surface area contributed by atoms with E-state index in [4.69, 9.17) is 32.5 Å². The molecule has 1 unspecified atom stereocenters. The number of nitrogens with zero attached hydrogens (tertiary/aromatic N) is 1. The highest BCUT2D eigenvalue weighted by Gasteiger charge is 2.24. The molecule has 19 heavy (non-hydrogen) atoms. The van der Waals surface area contributed by atoms with Gasteiger partial charge in [0, 0.05) is 24.7 Å². The molecule has 0 radical (unpaired) electrons. The molecule has 0 fully saturated rings. The van der Waals surface area contributed by atoms with E-state index in [9.17, 15) is 10.1 Å². The van der Waals surface area contributed by atoms with E-state index in [1.165, 1.54) is 25.3 Å². The number of nitrogens with one attached hydrogen (secondary N) is 1. The summed E-state index contributed by atoms with van der Waals surface area (Å²) in [7, 11) is 1.41. The van der Waals surface area contributed by atoms with Crippen molar-refractivity contribution in [2.24, 2.45) is 0 Å². The van der Waals surface area contributed by atoms with Gasteiger partial charge in [0.25, 0.3) is 0 Å². The fourth-order valence-electron chi connectivity index (χ4n) is 1.22. The van der Waals surface area contributed by atoms with E-state index in [1.54, 1.807) is 0 Å². The first-order valence-electron chi connectivity index (χ1n) is 5.46. The molecule has 1 rings (SSSR count). The Bertz CT molecular complexity index is 514. The van der Waals surface area contributed by atoms with Crippen LogP contribution < -0.4 is 9.61 Å². The van der Waals surface area contributed by atoms with Gasteiger partial charge in [0.1, 0.15) is 0 Å². The molecular weight excluding hydrogens is 311 g/mol. The molecule has 0 aliphatic rings. The monoisotopic (exact) mass is 324 g/mol. The molecule has 0 heterocycles. The van der Waals surface area contributed by atoms with E-state index in [0.717, 1.165) is 6.42 Å². The van der Waals surface area contributed by atoms with Crippen LogP contribution in [-0.2, 0) is 16.3 Å². The van der Waals surface area contributed by atoms with Crippen molar-refractivity contribution in [2.45, 2.75) is 13.3 Å². The molecule has 1 atom stereocenters. The molecule has 1 aromatic carbocycles. The van der Waals surface area contributed by atoms with E-state index in [0.29, 0.717) is 6.54 Å². The van der Waals surface area contributed by atoms with Crippen molar-refractivity contribution in [3.05, 3.63) is 33.3 Å². The van der Waals surface area contributed by atoms with Gasteiger partial charge in [-0.05, 0) is 30.4 Å². The first-order valence-corrected chi connectivity index (χ1v) is 8.48. The van der Waals surface area contributed by atoms with Crippen LogP contribution in [0.4, 0.5) is 5.69 Å². The summed E-state index contributed by atoms with van der Waals surface area (Å²) in [5.74, 6) is 0.0446. The Labute approximate surface area is 121 Å². The van der Waals surface area contributed by atoms with Crippen LogP contribution in [0.2, 0.25) is 5.02 Å². The summed E-state index contributed by atoms with van der Waals surface area (Å²) >= 11 is 11.0. The highest BCUT2D eigenvalue weighted by Crippen LogP contribution is 2.46. The molecule has 0 amide bonds. The normalized spacial score (nSPS) is 13.8. The van der Waals surface area contributed by atoms with Gasteiger partial charge in [-0.2, -0.15) is 0 Å². The number of hydrogen-bond acceptors (Lipinski definition) is 5. The zero-order valence-corrected chi connectivity index (χ0v) is 12.9. The summed E-state index contributed by atoms with van der Waals surface area (Å²) in [5, 5.41) is 14.2. The standard InChI is InChI=1S/C10H14ClN2O4PS/c1-3-6-12-18(19,16-2)17-10-5-4-8(11)7-9(10)13(14)15/h4-5,7H,3,6H2,1-2H3,(H,12,19). The summed E-state index contributed by atoms with van der Waals surface area (Å²) in [6.45, 7) is -0.216. The Balaban J connectivity index is 3.03. The van der Waals surface area contributed by atoms with Gasteiger partial charge in [-0.15, -0.1) is 0 Å². The summed E-state index contributed by atoms with van der Waals surface area (Å²) in [4.78, 5) is 10.4. The molecule has 0 aliphatic carbocycles. The smallest absolute Gasteiger partial charge is 0.312 e. The largest absolute Gasteiger partial charge is 0.425 e. The van der Waals surface area contributed by atoms with Crippen LogP contribution in [0.3, 0.4) is 0 Å². The van der Waals surface area contributed by atoms with Crippen LogP contribution >= 0.6 is 18.2 Å². The quantitative estimate of drug-likeness (QED) is 0.470. The highest BCUT2D eigenvalue weighted by molar-refractivity contribution is 8.09. The van der Waals surface area contributed by atoms with E-state index < -0.39 is 11.6 Å². The fourth-order valence-corrected chi connectivity index (χ4v) is 3.08. The Morgan fingerprint density at radius 3 is 2.79 bits per heavy atom. The Kier molecular flexibility index (Phi) is 6.16. The van der Waals surface area contributed by atoms with E-state index in [2.05, 4.69) is 5.09 Å². The maximum Gasteiger partial charge on any atom is 0.312 e. The number of benzene rings is 1. The zero-order valence-electron chi connectivity index (χ0n) is 10.5. The Morgan fingerprint density at radius 1 is 1.58 bits per heavy atom. The van der Waals surface area contributed by atoms with Gasteiger partial charge < -0.3 is 9.05 Å². The van der Waals surface area contributed by atoms with Gasteiger partial charge >= 0.3 is 12.3 Å². The maximum atomic E-state index is 10.9. The first kappa shape index (κ1) is 16.3. The van der Waals surface area contributed by atoms with Crippen molar-refractivity contribution >= 4 is 35.7 Å². The predicted molar refractivity (Wildman–Crippen MR) is 78.3 cm³/mol. The lowest BCUT2D eigenvalue weighted by Crippen LogP contribution is -2.16. The van der Waals surface area contributed by atoms with Gasteiger partial charge in [-0.3, -0.25) is 10.1 Å². The number of hydrogen-bond donors (Lipinski definition) is 1. The average Bonchev–Trinajstić information content (AvgIpc) is 2.38. The molecular formula is C10H14ClN2O4PS. The van der Waals surface area contributed by atoms with Crippen molar-refractivity contribution < 1.29 is 14.0 Å². The second kappa shape index (κ2) is 7.17. The minimum absolute atomic E-state index is 0.0446. The summed E-state index contributed by atoms with van der Waals surface area (Å²) in [6, 6.07) is 4.12. The fraction of sp³-hybridized carbons (Fsp3) is 0.400. The molecule has 0 spiro atoms. The minimum Gasteiger partial charge on any atom is -0.425 e. The van der Waals surface area contributed by atoms with Crippen LogP contribution in [-0.4, -0.2) is 18.6 Å². The molecule has 0 bridgehead atoms. The van der Waals surface area contributed by atoms with Crippen LogP contribution in [0.1, 0.15) is 13.3 Å². The van der Waals surface area contributed by atoms with Crippen molar-refractivity contribution in [2.75, 3.05) is 13.7 Å². The van der Waals surface area contributed by atoms with Crippen molar-refractivity contribution in [3.63, 3.8) is 0 Å². The molecule has 0 aromatic heterocycles. The zero-order chi connectivity index (χ0) is 14.5. The molecule has 106 valence electrons. The van der Waals surface area contributed by atoms with E-state index in [-0.39, 0.29) is 16.5 Å². The van der Waals surface area contributed by atoms with Crippen molar-refractivity contribution in [1.82, 2.24) is 5.09 Å². The highest BCUT2D eigenvalue weighted by atomic mass is 35.5. The van der Waals surface area contributed by atoms with Crippen LogP contribution in [0.25, 0.3) is 0 Å². The lowest BCUT2D eigenvalue weighted by Gasteiger charge is -2.21. The second-order valence-corrected chi connectivity index (χ2v) is 7.29. The van der Waals surface area contributed by atoms with Crippen LogP contribution in [0.5, 0.6) is 5.75 Å². The number of rotatable bonds is 7. The summed E-state index contributed by atoms with van der Waals surface area (Å²) < 4.78 is 10.6. The van der Waals surface area contributed by atoms with E-state index >= 15 is 0 Å². The van der Waals surface area contributed by atoms with Crippen LogP contribution in [0, 0.1) is 10.1 Å². The summed E-state index contributed by atoms with van der Waals surface area (Å²) in [6.07, 6.45) is 0.841. The van der Waals surface area contributed by atoms with Gasteiger partial charge in [0.05, 0.1) is 4.92 Å². The van der Waals surface area contributed by atoms with E-state index in [1.807, 2.05) is 6.92 Å². The van der Waals surface area contributed by atoms with Gasteiger partial charge in [0.15, 0.2) is 0 Å². The first-order chi connectivity index (χ1) is 8.91. The Hall–Kier alpha value is -0.720. The second-order valence-electron chi connectivity index (χ2n) is 3.55. The number of nitro groups is 1. The lowest BCUT2D eigenvalue weighted by atomic mass is 10.3. The average molecular weight is 325 g/mol. The van der Waals surface area contributed by atoms with Crippen molar-refractivity contribution in [3.8, 4) is 5.75 Å². The molecule has 0 saturated carbocycles. The maximum absolute atomic E-state index is 10.9. The molecule has 0 saturated heterocycles. The lowest BCUT2D eigenvalue weighted by molar-refractivity contribution is -0.385. The van der Waals surface area contributed by atoms with Crippen LogP contribution in [0.15, 0.2) is 18.2 Å². The minimum atomic E-state index is -2.78. The SMILES string of the molecule is CCCNP(=S)(OC)Oc1ccc(Cl)cc1[N+](=O)[O-]. The molecule has 6 nitrogen and oxygen atoms in total. The number of halogens is 1. The molecule has 1 aromatic rings. The van der Waals surface area contributed by atoms with Gasteiger partial charge in [-0.1, -0.05) is 18.5 Å². The molecule has 1 N–H and O–H groups in total. The number of nitro benzene ring substituents is 1. The molecule has 0 aliphatic heterocycles. The molecule has 9 heteroatoms. The predicted octanol–water partition coefficient (Wildman–Crippen LogP) is 3.50.